The number of amides is 1. The molecule has 1 aromatic rings. The summed E-state index contributed by atoms with van der Waals surface area (Å²) in [7, 11) is 0. The highest BCUT2D eigenvalue weighted by Crippen LogP contribution is 2.14. The van der Waals surface area contributed by atoms with Crippen molar-refractivity contribution in [3.63, 3.8) is 0 Å². The molecule has 0 saturated heterocycles. The van der Waals surface area contributed by atoms with Gasteiger partial charge in [-0.3, -0.25) is 4.79 Å². The number of nitrogens with one attached hydrogen (secondary N) is 1. The monoisotopic (exact) mass is 234 g/mol. The maximum atomic E-state index is 11.6. The fourth-order valence-corrected chi connectivity index (χ4v) is 1.58. The van der Waals surface area contributed by atoms with Gasteiger partial charge in [-0.15, -0.1) is 0 Å². The fraction of sp³-hybridized carbons (Fsp3) is 0.500. The second-order valence-corrected chi connectivity index (χ2v) is 5.49. The zero-order valence-corrected chi connectivity index (χ0v) is 11.1. The van der Waals surface area contributed by atoms with Crippen LogP contribution < -0.4 is 11.1 Å². The Kier molecular flexibility index (Phi) is 4.16. The molecule has 0 heterocycles. The van der Waals surface area contributed by atoms with Crippen LogP contribution in [0, 0.1) is 6.92 Å². The van der Waals surface area contributed by atoms with Crippen LogP contribution in [-0.4, -0.2) is 11.4 Å². The summed E-state index contributed by atoms with van der Waals surface area (Å²) in [5.74, 6) is 0.0802. The van der Waals surface area contributed by atoms with E-state index in [2.05, 4.69) is 5.32 Å². The Balaban J connectivity index is 2.50. The van der Waals surface area contributed by atoms with Crippen molar-refractivity contribution >= 4 is 11.6 Å². The second-order valence-electron chi connectivity index (χ2n) is 5.49. The van der Waals surface area contributed by atoms with Crippen molar-refractivity contribution in [2.45, 2.75) is 46.1 Å². The lowest BCUT2D eigenvalue weighted by Crippen LogP contribution is -2.40. The van der Waals surface area contributed by atoms with Crippen LogP contribution in [-0.2, 0) is 11.2 Å². The fourth-order valence-electron chi connectivity index (χ4n) is 1.58. The maximum Gasteiger partial charge on any atom is 0.220 e. The average molecular weight is 234 g/mol. The summed E-state index contributed by atoms with van der Waals surface area (Å²) in [4.78, 5) is 11.6. The number of anilines is 1. The molecule has 3 nitrogen and oxygen atoms in total. The standard InChI is InChI=1S/C14H22N2O/c1-10-5-6-11(9-12(10)15)7-8-13(17)16-14(2,3)4/h5-6,9H,7-8,15H2,1-4H3,(H,16,17). The number of nitrogen functional groups attached to an aromatic ring is 1. The summed E-state index contributed by atoms with van der Waals surface area (Å²) in [6.07, 6.45) is 1.23. The van der Waals surface area contributed by atoms with Gasteiger partial charge in [-0.05, 0) is 51.3 Å². The SMILES string of the molecule is Cc1ccc(CCC(=O)NC(C)(C)C)cc1N. The summed E-state index contributed by atoms with van der Waals surface area (Å²) in [6, 6.07) is 5.96. The lowest BCUT2D eigenvalue weighted by molar-refractivity contribution is -0.122. The third kappa shape index (κ3) is 4.89. The lowest BCUT2D eigenvalue weighted by Gasteiger charge is -2.20. The molecule has 0 spiro atoms. The minimum Gasteiger partial charge on any atom is -0.399 e. The Bertz CT molecular complexity index is 405. The van der Waals surface area contributed by atoms with E-state index in [4.69, 9.17) is 5.73 Å². The lowest BCUT2D eigenvalue weighted by atomic mass is 10.0. The van der Waals surface area contributed by atoms with Crippen LogP contribution in [0.3, 0.4) is 0 Å². The van der Waals surface area contributed by atoms with Crippen molar-refractivity contribution in [2.75, 3.05) is 5.73 Å². The number of aryl methyl sites for hydroxylation is 2. The zero-order chi connectivity index (χ0) is 13.1. The molecule has 0 atom stereocenters. The third-order valence-corrected chi connectivity index (χ3v) is 2.50. The van der Waals surface area contributed by atoms with Crippen molar-refractivity contribution in [1.82, 2.24) is 5.32 Å². The van der Waals surface area contributed by atoms with Crippen LogP contribution in [0.4, 0.5) is 5.69 Å². The van der Waals surface area contributed by atoms with Crippen molar-refractivity contribution in [3.05, 3.63) is 29.3 Å². The number of hydrogen-bond donors (Lipinski definition) is 2. The second kappa shape index (κ2) is 5.21. The molecule has 0 aromatic heterocycles. The van der Waals surface area contributed by atoms with Crippen LogP contribution in [0.25, 0.3) is 0 Å². The molecule has 0 aliphatic heterocycles. The molecule has 0 bridgehead atoms. The average Bonchev–Trinajstić information content (AvgIpc) is 2.17. The summed E-state index contributed by atoms with van der Waals surface area (Å²) in [6.45, 7) is 7.92. The number of carbonyl (C=O) groups is 1. The molecule has 0 aliphatic rings. The molecule has 0 saturated carbocycles. The van der Waals surface area contributed by atoms with Gasteiger partial charge in [-0.25, -0.2) is 0 Å². The molecule has 1 aromatic carbocycles. The first-order chi connectivity index (χ1) is 7.78. The quantitative estimate of drug-likeness (QED) is 0.789. The molecule has 0 aliphatic carbocycles. The predicted octanol–water partition coefficient (Wildman–Crippen LogP) is 2.42. The van der Waals surface area contributed by atoms with Crippen LogP contribution in [0.1, 0.15) is 38.3 Å². The van der Waals surface area contributed by atoms with E-state index in [-0.39, 0.29) is 11.4 Å². The molecule has 0 fully saturated rings. The molecule has 17 heavy (non-hydrogen) atoms. The Morgan fingerprint density at radius 3 is 2.53 bits per heavy atom. The molecule has 3 heteroatoms. The minimum atomic E-state index is -0.163. The molecule has 0 radical (unpaired) electrons. The number of benzene rings is 1. The predicted molar refractivity (Wildman–Crippen MR) is 71.8 cm³/mol. The van der Waals surface area contributed by atoms with Crippen LogP contribution >= 0.6 is 0 Å². The van der Waals surface area contributed by atoms with E-state index in [0.29, 0.717) is 6.42 Å². The highest BCUT2D eigenvalue weighted by molar-refractivity contribution is 5.76. The molecule has 94 valence electrons. The van der Waals surface area contributed by atoms with Gasteiger partial charge in [0, 0.05) is 17.6 Å². The first-order valence-corrected chi connectivity index (χ1v) is 5.94. The normalized spacial score (nSPS) is 11.3. The molecular formula is C14H22N2O. The van der Waals surface area contributed by atoms with Crippen molar-refractivity contribution < 1.29 is 4.79 Å². The van der Waals surface area contributed by atoms with Gasteiger partial charge < -0.3 is 11.1 Å². The number of carbonyl (C=O) groups excluding carboxylic acids is 1. The van der Waals surface area contributed by atoms with Gasteiger partial charge in [0.15, 0.2) is 0 Å². The number of nitrogens with two attached hydrogens (primary N) is 1. The highest BCUT2D eigenvalue weighted by Gasteiger charge is 2.13. The van der Waals surface area contributed by atoms with Crippen LogP contribution in [0.5, 0.6) is 0 Å². The summed E-state index contributed by atoms with van der Waals surface area (Å²) in [5.41, 5.74) is 8.64. The molecule has 1 rings (SSSR count). The largest absolute Gasteiger partial charge is 0.399 e. The summed E-state index contributed by atoms with van der Waals surface area (Å²) >= 11 is 0. The topological polar surface area (TPSA) is 55.1 Å². The molecule has 3 N–H and O–H groups in total. The smallest absolute Gasteiger partial charge is 0.220 e. The van der Waals surface area contributed by atoms with Crippen molar-refractivity contribution in [1.29, 1.82) is 0 Å². The van der Waals surface area contributed by atoms with Gasteiger partial charge in [0.2, 0.25) is 5.91 Å². The Labute approximate surface area is 103 Å². The molecular weight excluding hydrogens is 212 g/mol. The Morgan fingerprint density at radius 2 is 2.00 bits per heavy atom. The van der Waals surface area contributed by atoms with Crippen LogP contribution in [0.15, 0.2) is 18.2 Å². The van der Waals surface area contributed by atoms with E-state index in [0.717, 1.165) is 23.2 Å². The van der Waals surface area contributed by atoms with E-state index in [1.807, 2.05) is 45.9 Å². The first-order valence-electron chi connectivity index (χ1n) is 5.94. The zero-order valence-electron chi connectivity index (χ0n) is 11.1. The van der Waals surface area contributed by atoms with Gasteiger partial charge >= 0.3 is 0 Å². The van der Waals surface area contributed by atoms with E-state index >= 15 is 0 Å². The summed E-state index contributed by atoms with van der Waals surface area (Å²) in [5, 5.41) is 2.95. The van der Waals surface area contributed by atoms with Gasteiger partial charge in [-0.1, -0.05) is 12.1 Å². The number of rotatable bonds is 3. The van der Waals surface area contributed by atoms with E-state index < -0.39 is 0 Å². The van der Waals surface area contributed by atoms with Gasteiger partial charge in [0.1, 0.15) is 0 Å². The third-order valence-electron chi connectivity index (χ3n) is 2.50. The van der Waals surface area contributed by atoms with Crippen molar-refractivity contribution in [3.8, 4) is 0 Å². The van der Waals surface area contributed by atoms with E-state index in [1.165, 1.54) is 0 Å². The maximum absolute atomic E-state index is 11.6. The first kappa shape index (κ1) is 13.6. The molecule has 0 unspecified atom stereocenters. The van der Waals surface area contributed by atoms with E-state index in [9.17, 15) is 4.79 Å². The summed E-state index contributed by atoms with van der Waals surface area (Å²) < 4.78 is 0. The van der Waals surface area contributed by atoms with Gasteiger partial charge in [0.05, 0.1) is 0 Å². The number of hydrogen-bond acceptors (Lipinski definition) is 2. The van der Waals surface area contributed by atoms with Gasteiger partial charge in [-0.2, -0.15) is 0 Å². The Morgan fingerprint density at radius 1 is 1.35 bits per heavy atom. The minimum absolute atomic E-state index is 0.0802. The Hall–Kier alpha value is -1.51. The van der Waals surface area contributed by atoms with E-state index in [1.54, 1.807) is 0 Å². The van der Waals surface area contributed by atoms with Crippen molar-refractivity contribution in [2.24, 2.45) is 0 Å². The van der Waals surface area contributed by atoms with Crippen LogP contribution in [0.2, 0.25) is 0 Å². The highest BCUT2D eigenvalue weighted by atomic mass is 16.1. The van der Waals surface area contributed by atoms with Gasteiger partial charge in [0.25, 0.3) is 0 Å². The molecule has 1 amide bonds.